The van der Waals surface area contributed by atoms with Gasteiger partial charge in [0.15, 0.2) is 0 Å². The summed E-state index contributed by atoms with van der Waals surface area (Å²) < 4.78 is 37.2. The minimum Gasteiger partial charge on any atom is -0.475 e. The molecule has 6 nitrogen and oxygen atoms in total. The number of hydrogen-bond acceptors (Lipinski definition) is 4. The molecule has 1 N–H and O–H groups in total. The van der Waals surface area contributed by atoms with E-state index in [1.807, 2.05) is 11.9 Å². The summed E-state index contributed by atoms with van der Waals surface area (Å²) >= 11 is 0. The largest absolute Gasteiger partial charge is 0.490 e. The van der Waals surface area contributed by atoms with Crippen LogP contribution in [-0.2, 0) is 27.3 Å². The van der Waals surface area contributed by atoms with E-state index in [-0.39, 0.29) is 5.41 Å². The second kappa shape index (κ2) is 9.56. The second-order valence-electron chi connectivity index (χ2n) is 8.72. The summed E-state index contributed by atoms with van der Waals surface area (Å²) in [7, 11) is 1.97. The Balaban J connectivity index is 0.000000339. The molecule has 172 valence electrons. The number of nitrogens with zero attached hydrogens (tertiary/aromatic N) is 2. The molecule has 4 rings (SSSR count). The van der Waals surface area contributed by atoms with Crippen molar-refractivity contribution >= 4 is 11.9 Å². The summed E-state index contributed by atoms with van der Waals surface area (Å²) in [5.41, 5.74) is 2.49. The highest BCUT2D eigenvalue weighted by molar-refractivity contribution is 5.83. The van der Waals surface area contributed by atoms with E-state index in [0.29, 0.717) is 11.8 Å². The quantitative estimate of drug-likeness (QED) is 0.763. The van der Waals surface area contributed by atoms with Gasteiger partial charge in [0.2, 0.25) is 5.91 Å². The molecule has 1 aromatic carbocycles. The lowest BCUT2D eigenvalue weighted by molar-refractivity contribution is -0.192. The lowest BCUT2D eigenvalue weighted by Crippen LogP contribution is -2.50. The SMILES string of the molecule is CN1Cc2ccccc2CC2(CCN(CC3CCOC3)CC2)C1=O.O=C(O)C(F)(F)F. The molecular formula is C22H29F3N2O4. The topological polar surface area (TPSA) is 70.1 Å². The Kier molecular flexibility index (Phi) is 7.26. The Bertz CT molecular complexity index is 785. The Morgan fingerprint density at radius 1 is 1.23 bits per heavy atom. The average molecular weight is 442 g/mol. The number of likely N-dealkylation sites (tertiary alicyclic amines) is 1. The molecular weight excluding hydrogens is 413 g/mol. The first-order chi connectivity index (χ1) is 14.6. The van der Waals surface area contributed by atoms with Crippen molar-refractivity contribution in [2.45, 2.75) is 38.4 Å². The number of carbonyl (C=O) groups excluding carboxylic acids is 1. The van der Waals surface area contributed by atoms with Gasteiger partial charge in [0.05, 0.1) is 12.0 Å². The van der Waals surface area contributed by atoms with E-state index in [0.717, 1.165) is 58.7 Å². The Labute approximate surface area is 180 Å². The van der Waals surface area contributed by atoms with Crippen LogP contribution >= 0.6 is 0 Å². The Morgan fingerprint density at radius 2 is 1.84 bits per heavy atom. The standard InChI is InChI=1S/C20H28N2O2.C2HF3O2/c1-21-14-18-5-3-2-4-17(18)12-20(19(21)23)7-9-22(10-8-20)13-16-6-11-24-15-16;3-2(4,5)1(6)7/h2-5,16H,6-15H2,1H3;(H,6,7). The van der Waals surface area contributed by atoms with E-state index in [1.54, 1.807) is 0 Å². The molecule has 9 heteroatoms. The van der Waals surface area contributed by atoms with Crippen molar-refractivity contribution in [1.82, 2.24) is 9.80 Å². The molecule has 3 aliphatic rings. The smallest absolute Gasteiger partial charge is 0.475 e. The number of halogens is 3. The molecule has 0 saturated carbocycles. The van der Waals surface area contributed by atoms with E-state index in [9.17, 15) is 18.0 Å². The number of carboxylic acids is 1. The van der Waals surface area contributed by atoms with Gasteiger partial charge in [0, 0.05) is 26.7 Å². The third-order valence-electron chi connectivity index (χ3n) is 6.45. The maximum absolute atomic E-state index is 13.1. The average Bonchev–Trinajstić information content (AvgIpc) is 3.20. The number of ether oxygens (including phenoxy) is 1. The zero-order chi connectivity index (χ0) is 22.6. The minimum absolute atomic E-state index is 0.190. The highest BCUT2D eigenvalue weighted by Gasteiger charge is 2.45. The lowest BCUT2D eigenvalue weighted by atomic mass is 9.73. The van der Waals surface area contributed by atoms with Crippen molar-refractivity contribution in [3.05, 3.63) is 35.4 Å². The third kappa shape index (κ3) is 5.77. The molecule has 31 heavy (non-hydrogen) atoms. The van der Waals surface area contributed by atoms with Crippen LogP contribution in [0, 0.1) is 11.3 Å². The highest BCUT2D eigenvalue weighted by atomic mass is 19.4. The monoisotopic (exact) mass is 442 g/mol. The van der Waals surface area contributed by atoms with Crippen molar-refractivity contribution in [1.29, 1.82) is 0 Å². The van der Waals surface area contributed by atoms with Crippen LogP contribution in [0.5, 0.6) is 0 Å². The van der Waals surface area contributed by atoms with Crippen molar-refractivity contribution in [2.75, 3.05) is 39.9 Å². The molecule has 1 aromatic rings. The summed E-state index contributed by atoms with van der Waals surface area (Å²) in [5, 5.41) is 7.12. The Morgan fingerprint density at radius 3 is 2.39 bits per heavy atom. The highest BCUT2D eigenvalue weighted by Crippen LogP contribution is 2.40. The molecule has 0 bridgehead atoms. The van der Waals surface area contributed by atoms with Crippen LogP contribution in [0.4, 0.5) is 13.2 Å². The number of amides is 1. The van der Waals surface area contributed by atoms with Crippen molar-refractivity contribution in [2.24, 2.45) is 11.3 Å². The molecule has 3 heterocycles. The molecule has 1 amide bonds. The van der Waals surface area contributed by atoms with Crippen molar-refractivity contribution < 1.29 is 32.6 Å². The van der Waals surface area contributed by atoms with Gasteiger partial charge in [0.25, 0.3) is 0 Å². The first-order valence-corrected chi connectivity index (χ1v) is 10.5. The third-order valence-corrected chi connectivity index (χ3v) is 6.45. The number of piperidine rings is 1. The van der Waals surface area contributed by atoms with Crippen molar-refractivity contribution in [3.63, 3.8) is 0 Å². The van der Waals surface area contributed by atoms with Crippen LogP contribution in [0.25, 0.3) is 0 Å². The summed E-state index contributed by atoms with van der Waals surface area (Å²) in [6.07, 6.45) is -1.01. The number of aliphatic carboxylic acids is 1. The second-order valence-corrected chi connectivity index (χ2v) is 8.72. The number of rotatable bonds is 2. The molecule has 0 aliphatic carbocycles. The van der Waals surface area contributed by atoms with E-state index in [2.05, 4.69) is 29.2 Å². The molecule has 1 spiro atoms. The molecule has 2 saturated heterocycles. The van der Waals surface area contributed by atoms with Gasteiger partial charge in [-0.05, 0) is 55.8 Å². The minimum atomic E-state index is -5.08. The van der Waals surface area contributed by atoms with Gasteiger partial charge in [-0.15, -0.1) is 0 Å². The van der Waals surface area contributed by atoms with Crippen LogP contribution in [0.2, 0.25) is 0 Å². The van der Waals surface area contributed by atoms with Crippen LogP contribution in [0.1, 0.15) is 30.4 Å². The summed E-state index contributed by atoms with van der Waals surface area (Å²) in [6.45, 7) is 5.80. The molecule has 1 atom stereocenters. The van der Waals surface area contributed by atoms with Crippen LogP contribution in [0.3, 0.4) is 0 Å². The molecule has 0 radical (unpaired) electrons. The fourth-order valence-corrected chi connectivity index (χ4v) is 4.70. The van der Waals surface area contributed by atoms with Gasteiger partial charge in [-0.3, -0.25) is 4.79 Å². The number of fused-ring (bicyclic) bond motifs is 1. The zero-order valence-electron chi connectivity index (χ0n) is 17.7. The number of hydrogen-bond donors (Lipinski definition) is 1. The molecule has 2 fully saturated rings. The van der Waals surface area contributed by atoms with Gasteiger partial charge in [0.1, 0.15) is 0 Å². The molecule has 0 aromatic heterocycles. The predicted molar refractivity (Wildman–Crippen MR) is 107 cm³/mol. The summed E-state index contributed by atoms with van der Waals surface area (Å²) in [5.74, 6) is -1.72. The predicted octanol–water partition coefficient (Wildman–Crippen LogP) is 2.95. The molecule has 3 aliphatic heterocycles. The van der Waals surface area contributed by atoms with Gasteiger partial charge in [-0.2, -0.15) is 13.2 Å². The number of alkyl halides is 3. The normalized spacial score (nSPS) is 23.7. The van der Waals surface area contributed by atoms with Crippen LogP contribution in [0.15, 0.2) is 24.3 Å². The van der Waals surface area contributed by atoms with Crippen molar-refractivity contribution in [3.8, 4) is 0 Å². The van der Waals surface area contributed by atoms with Gasteiger partial charge in [-0.25, -0.2) is 4.79 Å². The maximum Gasteiger partial charge on any atom is 0.490 e. The van der Waals surface area contributed by atoms with Gasteiger partial charge < -0.3 is 19.6 Å². The van der Waals surface area contributed by atoms with Gasteiger partial charge in [-0.1, -0.05) is 24.3 Å². The number of carboxylic acid groups (broad SMARTS) is 1. The zero-order valence-corrected chi connectivity index (χ0v) is 17.7. The fraction of sp³-hybridized carbons (Fsp3) is 0.636. The first-order valence-electron chi connectivity index (χ1n) is 10.5. The van der Waals surface area contributed by atoms with Crippen LogP contribution in [-0.4, -0.2) is 72.9 Å². The number of benzene rings is 1. The lowest BCUT2D eigenvalue weighted by Gasteiger charge is -2.42. The Hall–Kier alpha value is -2.13. The summed E-state index contributed by atoms with van der Waals surface area (Å²) in [4.78, 5) is 26.5. The number of carbonyl (C=O) groups is 2. The fourth-order valence-electron chi connectivity index (χ4n) is 4.70. The van der Waals surface area contributed by atoms with E-state index in [1.165, 1.54) is 17.5 Å². The van der Waals surface area contributed by atoms with Crippen LogP contribution < -0.4 is 0 Å². The van der Waals surface area contributed by atoms with E-state index < -0.39 is 12.1 Å². The first kappa shape index (κ1) is 23.5. The van der Waals surface area contributed by atoms with E-state index >= 15 is 0 Å². The van der Waals surface area contributed by atoms with Gasteiger partial charge >= 0.3 is 12.1 Å². The van der Waals surface area contributed by atoms with E-state index in [4.69, 9.17) is 14.6 Å². The molecule has 1 unspecified atom stereocenters. The summed E-state index contributed by atoms with van der Waals surface area (Å²) in [6, 6.07) is 8.58. The maximum atomic E-state index is 13.1.